The van der Waals surface area contributed by atoms with Gasteiger partial charge in [0.25, 0.3) is 0 Å². The van der Waals surface area contributed by atoms with Crippen molar-refractivity contribution in [2.45, 2.75) is 6.42 Å². The Labute approximate surface area is 90.9 Å². The summed E-state index contributed by atoms with van der Waals surface area (Å²) in [5, 5.41) is 12.3. The van der Waals surface area contributed by atoms with Gasteiger partial charge in [0.15, 0.2) is 5.78 Å². The van der Waals surface area contributed by atoms with Crippen LogP contribution in [0.25, 0.3) is 10.9 Å². The molecule has 16 heavy (non-hydrogen) atoms. The maximum absolute atomic E-state index is 13.3. The Kier molecular flexibility index (Phi) is 2.41. The number of carbonyl (C=O) groups excluding carboxylic acids is 1. The lowest BCUT2D eigenvalue weighted by molar-refractivity contribution is 0.0998. The highest BCUT2D eigenvalue weighted by Gasteiger charge is 2.11. The first kappa shape index (κ1) is 10.3. The van der Waals surface area contributed by atoms with Crippen molar-refractivity contribution in [1.82, 2.24) is 9.78 Å². The number of carbonyl (C=O) groups is 1. The summed E-state index contributed by atoms with van der Waals surface area (Å²) in [6, 6.07) is 6.39. The third-order valence-corrected chi connectivity index (χ3v) is 2.37. The lowest BCUT2D eigenvalue weighted by atomic mass is 10.1. The SMILES string of the molecule is Cn1nc(F)c2cc(C(=O)CC#N)ccc21. The first-order valence-electron chi connectivity index (χ1n) is 4.66. The fourth-order valence-electron chi connectivity index (χ4n) is 1.57. The number of benzene rings is 1. The molecule has 1 heterocycles. The lowest BCUT2D eigenvalue weighted by Gasteiger charge is -1.97. The Balaban J connectivity index is 2.56. The third-order valence-electron chi connectivity index (χ3n) is 2.37. The van der Waals surface area contributed by atoms with Gasteiger partial charge in [-0.25, -0.2) is 0 Å². The molecular weight excluding hydrogens is 209 g/mol. The topological polar surface area (TPSA) is 58.7 Å². The Morgan fingerprint density at radius 1 is 1.62 bits per heavy atom. The first-order chi connectivity index (χ1) is 7.63. The molecule has 0 aliphatic heterocycles. The maximum Gasteiger partial charge on any atom is 0.240 e. The second kappa shape index (κ2) is 3.74. The highest BCUT2D eigenvalue weighted by Crippen LogP contribution is 2.19. The van der Waals surface area contributed by atoms with Gasteiger partial charge < -0.3 is 0 Å². The number of aryl methyl sites for hydroxylation is 1. The fraction of sp³-hybridized carbons (Fsp3) is 0.182. The monoisotopic (exact) mass is 217 g/mol. The van der Waals surface area contributed by atoms with Crippen molar-refractivity contribution in [2.75, 3.05) is 0 Å². The van der Waals surface area contributed by atoms with Crippen molar-refractivity contribution in [3.05, 3.63) is 29.7 Å². The summed E-state index contributed by atoms with van der Waals surface area (Å²) < 4.78 is 14.7. The van der Waals surface area contributed by atoms with Crippen LogP contribution in [0.2, 0.25) is 0 Å². The number of Topliss-reactive ketones (excluding diaryl/α,β-unsaturated/α-hetero) is 1. The predicted molar refractivity (Wildman–Crippen MR) is 55.2 cm³/mol. The average molecular weight is 217 g/mol. The molecule has 2 aromatic rings. The van der Waals surface area contributed by atoms with Gasteiger partial charge in [-0.15, -0.1) is 5.10 Å². The molecule has 80 valence electrons. The van der Waals surface area contributed by atoms with Gasteiger partial charge in [0.05, 0.1) is 23.4 Å². The van der Waals surface area contributed by atoms with Crippen LogP contribution in [0.4, 0.5) is 4.39 Å². The normalized spacial score (nSPS) is 10.3. The van der Waals surface area contributed by atoms with E-state index in [0.29, 0.717) is 16.5 Å². The molecule has 0 atom stereocenters. The van der Waals surface area contributed by atoms with Gasteiger partial charge in [-0.2, -0.15) is 9.65 Å². The molecule has 4 nitrogen and oxygen atoms in total. The van der Waals surface area contributed by atoms with E-state index in [2.05, 4.69) is 5.10 Å². The van der Waals surface area contributed by atoms with Crippen LogP contribution in [-0.4, -0.2) is 15.6 Å². The molecule has 0 saturated heterocycles. The zero-order chi connectivity index (χ0) is 11.7. The van der Waals surface area contributed by atoms with Gasteiger partial charge >= 0.3 is 0 Å². The molecule has 0 bridgehead atoms. The summed E-state index contributed by atoms with van der Waals surface area (Å²) in [6.07, 6.45) is -0.201. The minimum Gasteiger partial charge on any atom is -0.293 e. The van der Waals surface area contributed by atoms with E-state index in [0.717, 1.165) is 0 Å². The second-order valence-corrected chi connectivity index (χ2v) is 3.40. The molecule has 1 aromatic heterocycles. The van der Waals surface area contributed by atoms with E-state index in [1.807, 2.05) is 0 Å². The second-order valence-electron chi connectivity index (χ2n) is 3.40. The molecule has 5 heteroatoms. The van der Waals surface area contributed by atoms with E-state index < -0.39 is 5.95 Å². The quantitative estimate of drug-likeness (QED) is 0.721. The molecule has 1 aromatic carbocycles. The van der Waals surface area contributed by atoms with Crippen LogP contribution in [0.1, 0.15) is 16.8 Å². The minimum atomic E-state index is -0.607. The highest BCUT2D eigenvalue weighted by molar-refractivity contribution is 6.00. The third kappa shape index (κ3) is 1.54. The highest BCUT2D eigenvalue weighted by atomic mass is 19.1. The lowest BCUT2D eigenvalue weighted by Crippen LogP contribution is -1.97. The summed E-state index contributed by atoms with van der Waals surface area (Å²) in [6.45, 7) is 0. The van der Waals surface area contributed by atoms with Crippen molar-refractivity contribution >= 4 is 16.7 Å². The number of fused-ring (bicyclic) bond motifs is 1. The number of hydrogen-bond donors (Lipinski definition) is 0. The smallest absolute Gasteiger partial charge is 0.240 e. The predicted octanol–water partition coefficient (Wildman–Crippen LogP) is 1.81. The van der Waals surface area contributed by atoms with Crippen molar-refractivity contribution < 1.29 is 9.18 Å². The van der Waals surface area contributed by atoms with Crippen molar-refractivity contribution in [3.63, 3.8) is 0 Å². The van der Waals surface area contributed by atoms with E-state index in [9.17, 15) is 9.18 Å². The van der Waals surface area contributed by atoms with E-state index in [1.54, 1.807) is 25.2 Å². The first-order valence-corrected chi connectivity index (χ1v) is 4.66. The summed E-state index contributed by atoms with van der Waals surface area (Å²) in [7, 11) is 1.63. The van der Waals surface area contributed by atoms with Crippen LogP contribution in [0.3, 0.4) is 0 Å². The molecule has 0 fully saturated rings. The Morgan fingerprint density at radius 3 is 3.06 bits per heavy atom. The fourth-order valence-corrected chi connectivity index (χ4v) is 1.57. The number of halogens is 1. The van der Waals surface area contributed by atoms with Gasteiger partial charge in [0.2, 0.25) is 5.95 Å². The number of nitriles is 1. The molecule has 0 spiro atoms. The van der Waals surface area contributed by atoms with E-state index in [-0.39, 0.29) is 12.2 Å². The Morgan fingerprint density at radius 2 is 2.38 bits per heavy atom. The minimum absolute atomic E-state index is 0.201. The number of ketones is 1. The van der Waals surface area contributed by atoms with Crippen molar-refractivity contribution in [2.24, 2.45) is 7.05 Å². The van der Waals surface area contributed by atoms with Gasteiger partial charge in [0, 0.05) is 12.6 Å². The van der Waals surface area contributed by atoms with E-state index in [1.165, 1.54) is 10.7 Å². The molecule has 0 aliphatic carbocycles. The van der Waals surface area contributed by atoms with Crippen LogP contribution in [0.15, 0.2) is 18.2 Å². The van der Waals surface area contributed by atoms with Crippen LogP contribution in [0, 0.1) is 17.3 Å². The van der Waals surface area contributed by atoms with E-state index in [4.69, 9.17) is 5.26 Å². The molecule has 0 aliphatic rings. The van der Waals surface area contributed by atoms with Gasteiger partial charge in [-0.1, -0.05) is 0 Å². The zero-order valence-electron chi connectivity index (χ0n) is 8.57. The van der Waals surface area contributed by atoms with Crippen LogP contribution >= 0.6 is 0 Å². The van der Waals surface area contributed by atoms with Crippen LogP contribution < -0.4 is 0 Å². The molecule has 0 unspecified atom stereocenters. The van der Waals surface area contributed by atoms with Crippen molar-refractivity contribution in [3.8, 4) is 6.07 Å². The Hall–Kier alpha value is -2.22. The summed E-state index contributed by atoms with van der Waals surface area (Å²) >= 11 is 0. The molecule has 0 amide bonds. The number of hydrogen-bond acceptors (Lipinski definition) is 3. The van der Waals surface area contributed by atoms with Crippen LogP contribution in [-0.2, 0) is 7.05 Å². The van der Waals surface area contributed by atoms with Gasteiger partial charge in [0.1, 0.15) is 0 Å². The molecule has 2 rings (SSSR count). The number of aromatic nitrogens is 2. The van der Waals surface area contributed by atoms with E-state index >= 15 is 0 Å². The van der Waals surface area contributed by atoms with Gasteiger partial charge in [-0.05, 0) is 18.2 Å². The van der Waals surface area contributed by atoms with Crippen molar-refractivity contribution in [1.29, 1.82) is 5.26 Å². The summed E-state index contributed by atoms with van der Waals surface area (Å²) in [5.41, 5.74) is 0.951. The zero-order valence-corrected chi connectivity index (χ0v) is 8.57. The Bertz CT molecular complexity index is 609. The maximum atomic E-state index is 13.3. The van der Waals surface area contributed by atoms with Crippen LogP contribution in [0.5, 0.6) is 0 Å². The number of rotatable bonds is 2. The molecular formula is C11H8FN3O. The molecule has 0 N–H and O–H groups in total. The molecule has 0 radical (unpaired) electrons. The summed E-state index contributed by atoms with van der Waals surface area (Å²) in [4.78, 5) is 11.4. The molecule has 0 saturated carbocycles. The number of nitrogens with zero attached hydrogens (tertiary/aromatic N) is 3. The standard InChI is InChI=1S/C11H8FN3O/c1-15-9-3-2-7(10(16)4-5-13)6-8(9)11(12)14-15/h2-3,6H,4H2,1H3. The average Bonchev–Trinajstić information content (AvgIpc) is 2.55. The van der Waals surface area contributed by atoms with Gasteiger partial charge in [-0.3, -0.25) is 9.48 Å². The summed E-state index contributed by atoms with van der Waals surface area (Å²) in [5.74, 6) is -0.920. The largest absolute Gasteiger partial charge is 0.293 e.